The van der Waals surface area contributed by atoms with Crippen LogP contribution in [0.15, 0.2) is 41.0 Å². The molecule has 5 heteroatoms. The van der Waals surface area contributed by atoms with Crippen LogP contribution in [0.2, 0.25) is 0 Å². The number of aromatic nitrogens is 1. The van der Waals surface area contributed by atoms with Crippen LogP contribution in [0.3, 0.4) is 0 Å². The molecule has 2 N–H and O–H groups in total. The average molecular weight is 362 g/mol. The van der Waals surface area contributed by atoms with E-state index in [4.69, 9.17) is 0 Å². The first-order valence-corrected chi connectivity index (χ1v) is 8.09. The Kier molecular flexibility index (Phi) is 5.55. The molecule has 0 bridgehead atoms. The summed E-state index contributed by atoms with van der Waals surface area (Å²) in [6.07, 6.45) is 2.60. The number of anilines is 2. The van der Waals surface area contributed by atoms with Crippen LogP contribution in [-0.2, 0) is 0 Å². The van der Waals surface area contributed by atoms with Gasteiger partial charge in [0.05, 0.1) is 11.3 Å². The van der Waals surface area contributed by atoms with Crippen LogP contribution in [0.25, 0.3) is 0 Å². The number of hydrogen-bond acceptors (Lipinski definition) is 3. The second-order valence-electron chi connectivity index (χ2n) is 5.32. The minimum atomic E-state index is -0.174. The van der Waals surface area contributed by atoms with E-state index in [-0.39, 0.29) is 5.91 Å². The normalized spacial score (nSPS) is 11.8. The van der Waals surface area contributed by atoms with Crippen LogP contribution >= 0.6 is 15.9 Å². The molecule has 1 atom stereocenters. The number of nitrogens with one attached hydrogen (secondary N) is 2. The summed E-state index contributed by atoms with van der Waals surface area (Å²) in [4.78, 5) is 16.5. The van der Waals surface area contributed by atoms with Gasteiger partial charge < -0.3 is 10.6 Å². The number of halogens is 1. The van der Waals surface area contributed by atoms with Crippen LogP contribution < -0.4 is 10.6 Å². The number of benzene rings is 1. The lowest BCUT2D eigenvalue weighted by molar-refractivity contribution is 0.102. The van der Waals surface area contributed by atoms with E-state index >= 15 is 0 Å². The van der Waals surface area contributed by atoms with Crippen LogP contribution in [0.5, 0.6) is 0 Å². The highest BCUT2D eigenvalue weighted by Gasteiger charge is 2.09. The second-order valence-corrected chi connectivity index (χ2v) is 6.18. The Bertz CT molecular complexity index is 655. The summed E-state index contributed by atoms with van der Waals surface area (Å²) in [6.45, 7) is 6.21. The van der Waals surface area contributed by atoms with E-state index in [0.29, 0.717) is 11.6 Å². The molecule has 1 aromatic heterocycles. The minimum Gasteiger partial charge on any atom is -0.368 e. The van der Waals surface area contributed by atoms with Gasteiger partial charge in [0.15, 0.2) is 0 Å². The topological polar surface area (TPSA) is 54.0 Å². The minimum absolute atomic E-state index is 0.174. The quantitative estimate of drug-likeness (QED) is 0.816. The molecule has 0 spiro atoms. The summed E-state index contributed by atoms with van der Waals surface area (Å²) >= 11 is 3.45. The van der Waals surface area contributed by atoms with E-state index in [2.05, 4.69) is 45.4 Å². The number of aryl methyl sites for hydroxylation is 1. The highest BCUT2D eigenvalue weighted by Crippen LogP contribution is 2.24. The summed E-state index contributed by atoms with van der Waals surface area (Å²) in [6, 6.07) is 9.75. The SMILES string of the molecule is CCC(C)Nc1ccc(C(=O)Nc2ccc(C)cc2Br)cn1. The van der Waals surface area contributed by atoms with E-state index in [1.807, 2.05) is 31.2 Å². The zero-order chi connectivity index (χ0) is 16.1. The summed E-state index contributed by atoms with van der Waals surface area (Å²) in [5, 5.41) is 6.15. The van der Waals surface area contributed by atoms with Crippen molar-refractivity contribution in [2.24, 2.45) is 0 Å². The first-order chi connectivity index (χ1) is 10.5. The van der Waals surface area contributed by atoms with Crippen molar-refractivity contribution in [2.75, 3.05) is 10.6 Å². The second kappa shape index (κ2) is 7.40. The van der Waals surface area contributed by atoms with Crippen molar-refractivity contribution in [2.45, 2.75) is 33.2 Å². The van der Waals surface area contributed by atoms with Crippen molar-refractivity contribution in [3.63, 3.8) is 0 Å². The number of rotatable bonds is 5. The maximum absolute atomic E-state index is 12.2. The van der Waals surface area contributed by atoms with Crippen LogP contribution in [0, 0.1) is 6.92 Å². The number of pyridine rings is 1. The summed E-state index contributed by atoms with van der Waals surface area (Å²) in [7, 11) is 0. The van der Waals surface area contributed by atoms with E-state index in [0.717, 1.165) is 28.0 Å². The van der Waals surface area contributed by atoms with Gasteiger partial charge in [-0.15, -0.1) is 0 Å². The molecule has 2 rings (SSSR count). The Balaban J connectivity index is 2.06. The molecule has 0 aliphatic carbocycles. The monoisotopic (exact) mass is 361 g/mol. The van der Waals surface area contributed by atoms with Crippen molar-refractivity contribution in [1.82, 2.24) is 4.98 Å². The molecule has 0 aliphatic heterocycles. The molecule has 1 unspecified atom stereocenters. The molecule has 22 heavy (non-hydrogen) atoms. The molecule has 1 amide bonds. The number of carbonyl (C=O) groups excluding carboxylic acids is 1. The van der Waals surface area contributed by atoms with Gasteiger partial charge in [-0.05, 0) is 66.0 Å². The zero-order valence-corrected chi connectivity index (χ0v) is 14.6. The standard InChI is InChI=1S/C17H20BrN3O/c1-4-12(3)20-16-8-6-13(10-19-16)17(22)21-15-7-5-11(2)9-14(15)18/h5-10,12H,4H2,1-3H3,(H,19,20)(H,21,22). The van der Waals surface area contributed by atoms with Crippen LogP contribution in [0.4, 0.5) is 11.5 Å². The summed E-state index contributed by atoms with van der Waals surface area (Å²) in [5.41, 5.74) is 2.41. The van der Waals surface area contributed by atoms with E-state index < -0.39 is 0 Å². The predicted molar refractivity (Wildman–Crippen MR) is 94.4 cm³/mol. The van der Waals surface area contributed by atoms with Crippen molar-refractivity contribution in [3.8, 4) is 0 Å². The Morgan fingerprint density at radius 1 is 1.32 bits per heavy atom. The number of carbonyl (C=O) groups is 1. The highest BCUT2D eigenvalue weighted by atomic mass is 79.9. The van der Waals surface area contributed by atoms with E-state index in [9.17, 15) is 4.79 Å². The molecule has 116 valence electrons. The van der Waals surface area contributed by atoms with Gasteiger partial charge in [0.25, 0.3) is 5.91 Å². The molecule has 1 heterocycles. The third kappa shape index (κ3) is 4.31. The highest BCUT2D eigenvalue weighted by molar-refractivity contribution is 9.10. The molecule has 0 saturated carbocycles. The first kappa shape index (κ1) is 16.5. The van der Waals surface area contributed by atoms with Gasteiger partial charge in [0, 0.05) is 16.7 Å². The molecule has 0 fully saturated rings. The van der Waals surface area contributed by atoms with Gasteiger partial charge >= 0.3 is 0 Å². The van der Waals surface area contributed by atoms with E-state index in [1.165, 1.54) is 0 Å². The van der Waals surface area contributed by atoms with E-state index in [1.54, 1.807) is 12.3 Å². The molecular formula is C17H20BrN3O. The third-order valence-corrected chi connectivity index (χ3v) is 4.06. The fourth-order valence-electron chi connectivity index (χ4n) is 1.88. The molecule has 0 saturated heterocycles. The Morgan fingerprint density at radius 2 is 2.09 bits per heavy atom. The zero-order valence-electron chi connectivity index (χ0n) is 13.0. The molecule has 4 nitrogen and oxygen atoms in total. The summed E-state index contributed by atoms with van der Waals surface area (Å²) < 4.78 is 0.865. The van der Waals surface area contributed by atoms with Gasteiger partial charge in [-0.25, -0.2) is 4.98 Å². The van der Waals surface area contributed by atoms with Gasteiger partial charge in [-0.1, -0.05) is 13.0 Å². The number of hydrogen-bond donors (Lipinski definition) is 2. The molecular weight excluding hydrogens is 342 g/mol. The lowest BCUT2D eigenvalue weighted by Crippen LogP contribution is -2.16. The third-order valence-electron chi connectivity index (χ3n) is 3.41. The molecule has 2 aromatic rings. The lowest BCUT2D eigenvalue weighted by Gasteiger charge is -2.12. The number of amides is 1. The predicted octanol–water partition coefficient (Wildman–Crippen LogP) is 4.62. The smallest absolute Gasteiger partial charge is 0.257 e. The lowest BCUT2D eigenvalue weighted by atomic mass is 10.2. The Labute approximate surface area is 139 Å². The van der Waals surface area contributed by atoms with Crippen LogP contribution in [0.1, 0.15) is 36.2 Å². The maximum atomic E-state index is 12.2. The molecule has 0 radical (unpaired) electrons. The van der Waals surface area contributed by atoms with Crippen LogP contribution in [-0.4, -0.2) is 16.9 Å². The molecule has 1 aromatic carbocycles. The van der Waals surface area contributed by atoms with Gasteiger partial charge in [0.1, 0.15) is 5.82 Å². The Hall–Kier alpha value is -1.88. The van der Waals surface area contributed by atoms with Crippen molar-refractivity contribution in [3.05, 3.63) is 52.1 Å². The summed E-state index contributed by atoms with van der Waals surface area (Å²) in [5.74, 6) is 0.606. The average Bonchev–Trinajstić information content (AvgIpc) is 2.50. The first-order valence-electron chi connectivity index (χ1n) is 7.29. The fourth-order valence-corrected chi connectivity index (χ4v) is 2.48. The number of nitrogens with zero attached hydrogens (tertiary/aromatic N) is 1. The Morgan fingerprint density at radius 3 is 2.68 bits per heavy atom. The van der Waals surface area contributed by atoms with Gasteiger partial charge in [-0.3, -0.25) is 4.79 Å². The van der Waals surface area contributed by atoms with Crippen molar-refractivity contribution < 1.29 is 4.79 Å². The maximum Gasteiger partial charge on any atom is 0.257 e. The van der Waals surface area contributed by atoms with Gasteiger partial charge in [0.2, 0.25) is 0 Å². The largest absolute Gasteiger partial charge is 0.368 e. The molecule has 0 aliphatic rings. The van der Waals surface area contributed by atoms with Gasteiger partial charge in [-0.2, -0.15) is 0 Å². The van der Waals surface area contributed by atoms with Crippen molar-refractivity contribution in [1.29, 1.82) is 0 Å². The van der Waals surface area contributed by atoms with Crippen molar-refractivity contribution >= 4 is 33.3 Å². The fraction of sp³-hybridized carbons (Fsp3) is 0.294.